The summed E-state index contributed by atoms with van der Waals surface area (Å²) in [5.41, 5.74) is 2.12. The Bertz CT molecular complexity index is 533. The van der Waals surface area contributed by atoms with Crippen LogP contribution in [-0.4, -0.2) is 15.7 Å². The summed E-state index contributed by atoms with van der Waals surface area (Å²) in [5, 5.41) is 7.17. The van der Waals surface area contributed by atoms with Gasteiger partial charge >= 0.3 is 0 Å². The molecule has 0 bridgehead atoms. The second-order valence-electron chi connectivity index (χ2n) is 4.57. The third kappa shape index (κ3) is 3.44. The number of aromatic nitrogens is 2. The zero-order valence-electron chi connectivity index (χ0n) is 11.3. The van der Waals surface area contributed by atoms with Gasteiger partial charge in [0.25, 0.3) is 0 Å². The van der Waals surface area contributed by atoms with Gasteiger partial charge in [-0.15, -0.1) is 0 Å². The molecule has 1 N–H and O–H groups in total. The summed E-state index contributed by atoms with van der Waals surface area (Å²) in [7, 11) is 0. The monoisotopic (exact) mass is 257 g/mol. The molecule has 100 valence electrons. The van der Waals surface area contributed by atoms with Crippen LogP contribution in [-0.2, 0) is 11.3 Å². The van der Waals surface area contributed by atoms with Gasteiger partial charge in [0, 0.05) is 11.9 Å². The Morgan fingerprint density at radius 1 is 1.32 bits per heavy atom. The molecular formula is C15H19N3O. The molecule has 0 saturated carbocycles. The van der Waals surface area contributed by atoms with Crippen molar-refractivity contribution in [1.82, 2.24) is 15.1 Å². The van der Waals surface area contributed by atoms with Gasteiger partial charge in [0.15, 0.2) is 0 Å². The highest BCUT2D eigenvalue weighted by Gasteiger charge is 2.13. The van der Waals surface area contributed by atoms with Crippen LogP contribution >= 0.6 is 0 Å². The minimum atomic E-state index is -0.0116. The SMILES string of the molecule is CCC(NC(=O)Cn1nccc1C)c1ccccc1. The number of amides is 1. The van der Waals surface area contributed by atoms with Crippen LogP contribution in [0.1, 0.15) is 30.6 Å². The quantitative estimate of drug-likeness (QED) is 0.894. The van der Waals surface area contributed by atoms with Crippen molar-refractivity contribution in [1.29, 1.82) is 0 Å². The summed E-state index contributed by atoms with van der Waals surface area (Å²) < 4.78 is 1.70. The van der Waals surface area contributed by atoms with E-state index in [1.54, 1.807) is 10.9 Å². The number of nitrogens with one attached hydrogen (secondary N) is 1. The Morgan fingerprint density at radius 2 is 2.05 bits per heavy atom. The first kappa shape index (κ1) is 13.3. The maximum Gasteiger partial charge on any atom is 0.242 e. The second kappa shape index (κ2) is 6.18. The second-order valence-corrected chi connectivity index (χ2v) is 4.57. The van der Waals surface area contributed by atoms with Gasteiger partial charge in [0.05, 0.1) is 6.04 Å². The molecule has 0 aliphatic carbocycles. The summed E-state index contributed by atoms with van der Waals surface area (Å²) in [4.78, 5) is 12.0. The molecule has 0 aliphatic rings. The standard InChI is InChI=1S/C15H19N3O/c1-3-14(13-7-5-4-6-8-13)17-15(19)11-18-12(2)9-10-16-18/h4-10,14H,3,11H2,1-2H3,(H,17,19). The minimum absolute atomic E-state index is 0.0116. The molecule has 19 heavy (non-hydrogen) atoms. The van der Waals surface area contributed by atoms with Crippen molar-refractivity contribution >= 4 is 5.91 Å². The molecule has 1 unspecified atom stereocenters. The Balaban J connectivity index is 1.99. The van der Waals surface area contributed by atoms with Crippen LogP contribution in [0, 0.1) is 6.92 Å². The van der Waals surface area contributed by atoms with E-state index < -0.39 is 0 Å². The summed E-state index contributed by atoms with van der Waals surface area (Å²) in [6, 6.07) is 12.0. The molecule has 1 aromatic heterocycles. The first-order valence-electron chi connectivity index (χ1n) is 6.53. The molecule has 0 spiro atoms. The van der Waals surface area contributed by atoms with Crippen molar-refractivity contribution in [2.24, 2.45) is 0 Å². The predicted molar refractivity (Wildman–Crippen MR) is 74.6 cm³/mol. The summed E-state index contributed by atoms with van der Waals surface area (Å²) in [6.45, 7) is 4.27. The van der Waals surface area contributed by atoms with Crippen LogP contribution < -0.4 is 5.32 Å². The van der Waals surface area contributed by atoms with E-state index in [0.29, 0.717) is 0 Å². The molecule has 1 amide bonds. The van der Waals surface area contributed by atoms with Crippen LogP contribution in [0.2, 0.25) is 0 Å². The van der Waals surface area contributed by atoms with Crippen LogP contribution in [0.4, 0.5) is 0 Å². The molecule has 0 radical (unpaired) electrons. The molecule has 2 aromatic rings. The van der Waals surface area contributed by atoms with Crippen LogP contribution in [0.15, 0.2) is 42.6 Å². The Labute approximate surface area is 113 Å². The Morgan fingerprint density at radius 3 is 2.63 bits per heavy atom. The van der Waals surface area contributed by atoms with Crippen molar-refractivity contribution in [3.05, 3.63) is 53.9 Å². The summed E-state index contributed by atoms with van der Waals surface area (Å²) in [5.74, 6) is -0.0116. The van der Waals surface area contributed by atoms with Crippen LogP contribution in [0.5, 0.6) is 0 Å². The van der Waals surface area contributed by atoms with Crippen molar-refractivity contribution < 1.29 is 4.79 Å². The van der Waals surface area contributed by atoms with Crippen LogP contribution in [0.3, 0.4) is 0 Å². The molecule has 2 rings (SSSR count). The number of carbonyl (C=O) groups is 1. The highest BCUT2D eigenvalue weighted by Crippen LogP contribution is 2.15. The molecule has 4 nitrogen and oxygen atoms in total. The normalized spacial score (nSPS) is 12.1. The van der Waals surface area contributed by atoms with E-state index in [0.717, 1.165) is 17.7 Å². The van der Waals surface area contributed by atoms with Crippen molar-refractivity contribution in [2.75, 3.05) is 0 Å². The number of rotatable bonds is 5. The number of aryl methyl sites for hydroxylation is 1. The van der Waals surface area contributed by atoms with Gasteiger partial charge in [0.1, 0.15) is 6.54 Å². The number of hydrogen-bond donors (Lipinski definition) is 1. The van der Waals surface area contributed by atoms with E-state index in [-0.39, 0.29) is 18.5 Å². The average molecular weight is 257 g/mol. The number of nitrogens with zero attached hydrogens (tertiary/aromatic N) is 2. The third-order valence-corrected chi connectivity index (χ3v) is 3.17. The van der Waals surface area contributed by atoms with Gasteiger partial charge in [-0.25, -0.2) is 0 Å². The van der Waals surface area contributed by atoms with Gasteiger partial charge in [-0.3, -0.25) is 9.48 Å². The molecule has 1 atom stereocenters. The number of hydrogen-bond acceptors (Lipinski definition) is 2. The fourth-order valence-corrected chi connectivity index (χ4v) is 2.05. The first-order chi connectivity index (χ1) is 9.20. The average Bonchev–Trinajstić information content (AvgIpc) is 2.82. The molecule has 0 aliphatic heterocycles. The van der Waals surface area contributed by atoms with E-state index in [1.807, 2.05) is 43.3 Å². The van der Waals surface area contributed by atoms with E-state index in [9.17, 15) is 4.79 Å². The fraction of sp³-hybridized carbons (Fsp3) is 0.333. The van der Waals surface area contributed by atoms with Gasteiger partial charge in [0.2, 0.25) is 5.91 Å². The number of carbonyl (C=O) groups excluding carboxylic acids is 1. The lowest BCUT2D eigenvalue weighted by Gasteiger charge is -2.17. The molecule has 4 heteroatoms. The molecular weight excluding hydrogens is 238 g/mol. The van der Waals surface area contributed by atoms with Gasteiger partial charge in [-0.1, -0.05) is 37.3 Å². The van der Waals surface area contributed by atoms with E-state index in [4.69, 9.17) is 0 Å². The predicted octanol–water partition coefficient (Wildman–Crippen LogP) is 2.46. The lowest BCUT2D eigenvalue weighted by molar-refractivity contribution is -0.122. The fourth-order valence-electron chi connectivity index (χ4n) is 2.05. The third-order valence-electron chi connectivity index (χ3n) is 3.17. The maximum atomic E-state index is 12.0. The lowest BCUT2D eigenvalue weighted by Crippen LogP contribution is -2.31. The van der Waals surface area contributed by atoms with E-state index >= 15 is 0 Å². The van der Waals surface area contributed by atoms with Crippen LogP contribution in [0.25, 0.3) is 0 Å². The Kier molecular flexibility index (Phi) is 4.34. The number of benzene rings is 1. The minimum Gasteiger partial charge on any atom is -0.348 e. The summed E-state index contributed by atoms with van der Waals surface area (Å²) in [6.07, 6.45) is 2.57. The van der Waals surface area contributed by atoms with Crippen molar-refractivity contribution in [2.45, 2.75) is 32.9 Å². The highest BCUT2D eigenvalue weighted by molar-refractivity contribution is 5.76. The molecule has 1 heterocycles. The van der Waals surface area contributed by atoms with Gasteiger partial charge in [-0.05, 0) is 25.0 Å². The zero-order valence-corrected chi connectivity index (χ0v) is 11.3. The van der Waals surface area contributed by atoms with Crippen molar-refractivity contribution in [3.63, 3.8) is 0 Å². The summed E-state index contributed by atoms with van der Waals surface area (Å²) >= 11 is 0. The van der Waals surface area contributed by atoms with Gasteiger partial charge < -0.3 is 5.32 Å². The largest absolute Gasteiger partial charge is 0.348 e. The topological polar surface area (TPSA) is 46.9 Å². The Hall–Kier alpha value is -2.10. The lowest BCUT2D eigenvalue weighted by atomic mass is 10.0. The highest BCUT2D eigenvalue weighted by atomic mass is 16.2. The molecule has 0 saturated heterocycles. The van der Waals surface area contributed by atoms with E-state index in [1.165, 1.54) is 0 Å². The molecule has 0 fully saturated rings. The smallest absolute Gasteiger partial charge is 0.242 e. The van der Waals surface area contributed by atoms with E-state index in [2.05, 4.69) is 17.3 Å². The first-order valence-corrected chi connectivity index (χ1v) is 6.53. The van der Waals surface area contributed by atoms with Gasteiger partial charge in [-0.2, -0.15) is 5.10 Å². The van der Waals surface area contributed by atoms with Crippen molar-refractivity contribution in [3.8, 4) is 0 Å². The molecule has 1 aromatic carbocycles. The zero-order chi connectivity index (χ0) is 13.7. The maximum absolute atomic E-state index is 12.0.